The largest absolute Gasteiger partial charge is 0.374 e. The molecule has 1 atom stereocenters. The fourth-order valence-corrected chi connectivity index (χ4v) is 2.62. The average molecular weight is 204 g/mol. The minimum atomic E-state index is 0.274. The summed E-state index contributed by atoms with van der Waals surface area (Å²) in [4.78, 5) is 2.57. The van der Waals surface area contributed by atoms with Gasteiger partial charge in [0.05, 0.1) is 12.7 Å². The van der Waals surface area contributed by atoms with Gasteiger partial charge in [0.2, 0.25) is 0 Å². The maximum absolute atomic E-state index is 5.80. The molecular weight excluding hydrogens is 186 g/mol. The fourth-order valence-electron chi connectivity index (χ4n) is 2.44. The van der Waals surface area contributed by atoms with E-state index in [2.05, 4.69) is 4.90 Å². The first-order valence-electron chi connectivity index (χ1n) is 5.32. The van der Waals surface area contributed by atoms with Gasteiger partial charge in [-0.05, 0) is 12.8 Å². The first-order valence-corrected chi connectivity index (χ1v) is 5.85. The molecule has 1 aliphatic carbocycles. The number of halogens is 1. The van der Waals surface area contributed by atoms with Crippen molar-refractivity contribution >= 4 is 11.6 Å². The highest BCUT2D eigenvalue weighted by Gasteiger charge is 2.27. The summed E-state index contributed by atoms with van der Waals surface area (Å²) in [5.41, 5.74) is 0. The molecule has 0 radical (unpaired) electrons. The topological polar surface area (TPSA) is 12.5 Å². The molecule has 2 aliphatic rings. The third-order valence-electron chi connectivity index (χ3n) is 3.18. The molecule has 3 heteroatoms. The van der Waals surface area contributed by atoms with Gasteiger partial charge in [-0.15, -0.1) is 11.6 Å². The van der Waals surface area contributed by atoms with Crippen LogP contribution in [0.15, 0.2) is 0 Å². The lowest BCUT2D eigenvalue weighted by Crippen LogP contribution is -2.47. The summed E-state index contributed by atoms with van der Waals surface area (Å²) in [6.07, 6.45) is 5.86. The highest BCUT2D eigenvalue weighted by atomic mass is 35.5. The Morgan fingerprint density at radius 3 is 2.77 bits per heavy atom. The van der Waals surface area contributed by atoms with Gasteiger partial charge in [-0.25, -0.2) is 0 Å². The Balaban J connectivity index is 1.84. The van der Waals surface area contributed by atoms with Crippen molar-refractivity contribution in [2.75, 3.05) is 25.6 Å². The van der Waals surface area contributed by atoms with E-state index >= 15 is 0 Å². The quantitative estimate of drug-likeness (QED) is 0.636. The molecule has 0 aromatic carbocycles. The SMILES string of the molecule is ClCC1CN(C2CCCC2)CCO1. The maximum atomic E-state index is 5.80. The smallest absolute Gasteiger partial charge is 0.0837 e. The van der Waals surface area contributed by atoms with Gasteiger partial charge in [0.1, 0.15) is 0 Å². The van der Waals surface area contributed by atoms with Crippen molar-refractivity contribution in [3.8, 4) is 0 Å². The standard InChI is InChI=1S/C10H18ClNO/c11-7-10-8-12(5-6-13-10)9-3-1-2-4-9/h9-10H,1-8H2. The van der Waals surface area contributed by atoms with Crippen molar-refractivity contribution in [2.45, 2.75) is 37.8 Å². The number of hydrogen-bond acceptors (Lipinski definition) is 2. The lowest BCUT2D eigenvalue weighted by molar-refractivity contribution is -0.0313. The number of nitrogens with zero attached hydrogens (tertiary/aromatic N) is 1. The van der Waals surface area contributed by atoms with Gasteiger partial charge in [0, 0.05) is 25.0 Å². The predicted octanol–water partition coefficient (Wildman–Crippen LogP) is 1.87. The Morgan fingerprint density at radius 1 is 1.31 bits per heavy atom. The molecule has 2 rings (SSSR count). The predicted molar refractivity (Wildman–Crippen MR) is 54.3 cm³/mol. The number of ether oxygens (including phenoxy) is 1. The van der Waals surface area contributed by atoms with E-state index in [-0.39, 0.29) is 6.10 Å². The molecule has 1 saturated heterocycles. The van der Waals surface area contributed by atoms with Crippen LogP contribution in [-0.2, 0) is 4.74 Å². The molecule has 0 N–H and O–H groups in total. The summed E-state index contributed by atoms with van der Waals surface area (Å²) in [6, 6.07) is 0.828. The molecule has 0 amide bonds. The minimum Gasteiger partial charge on any atom is -0.374 e. The van der Waals surface area contributed by atoms with Crippen LogP contribution in [0.25, 0.3) is 0 Å². The molecule has 0 bridgehead atoms. The molecule has 76 valence electrons. The summed E-state index contributed by atoms with van der Waals surface area (Å²) in [6.45, 7) is 3.03. The highest BCUT2D eigenvalue weighted by molar-refractivity contribution is 6.18. The van der Waals surface area contributed by atoms with Crippen LogP contribution in [0.1, 0.15) is 25.7 Å². The number of rotatable bonds is 2. The van der Waals surface area contributed by atoms with E-state index in [1.54, 1.807) is 0 Å². The van der Waals surface area contributed by atoms with Crippen LogP contribution in [0.4, 0.5) is 0 Å². The van der Waals surface area contributed by atoms with E-state index < -0.39 is 0 Å². The Hall–Kier alpha value is 0.210. The second-order valence-electron chi connectivity index (χ2n) is 4.08. The lowest BCUT2D eigenvalue weighted by atomic mass is 10.2. The van der Waals surface area contributed by atoms with Crippen molar-refractivity contribution in [3.05, 3.63) is 0 Å². The lowest BCUT2D eigenvalue weighted by Gasteiger charge is -2.36. The van der Waals surface area contributed by atoms with Crippen LogP contribution in [0.3, 0.4) is 0 Å². The average Bonchev–Trinajstić information content (AvgIpc) is 2.71. The zero-order valence-electron chi connectivity index (χ0n) is 8.04. The Labute approximate surface area is 85.2 Å². The van der Waals surface area contributed by atoms with E-state index in [9.17, 15) is 0 Å². The minimum absolute atomic E-state index is 0.274. The van der Waals surface area contributed by atoms with Gasteiger partial charge in [0.25, 0.3) is 0 Å². The first kappa shape index (κ1) is 9.75. The Morgan fingerprint density at radius 2 is 2.08 bits per heavy atom. The molecule has 1 heterocycles. The van der Waals surface area contributed by atoms with Crippen LogP contribution in [-0.4, -0.2) is 42.6 Å². The number of hydrogen-bond donors (Lipinski definition) is 0. The molecule has 1 unspecified atom stereocenters. The summed E-state index contributed by atoms with van der Waals surface area (Å²) in [5.74, 6) is 0.642. The molecule has 2 nitrogen and oxygen atoms in total. The van der Waals surface area contributed by atoms with Crippen molar-refractivity contribution in [2.24, 2.45) is 0 Å². The van der Waals surface area contributed by atoms with Gasteiger partial charge in [0.15, 0.2) is 0 Å². The molecule has 0 spiro atoms. The van der Waals surface area contributed by atoms with Crippen LogP contribution >= 0.6 is 11.6 Å². The third kappa shape index (κ3) is 2.36. The van der Waals surface area contributed by atoms with Gasteiger partial charge in [-0.3, -0.25) is 4.90 Å². The van der Waals surface area contributed by atoms with E-state index in [4.69, 9.17) is 16.3 Å². The molecule has 1 saturated carbocycles. The second kappa shape index (κ2) is 4.63. The van der Waals surface area contributed by atoms with Gasteiger partial charge >= 0.3 is 0 Å². The Kier molecular flexibility index (Phi) is 3.47. The number of morpholine rings is 1. The van der Waals surface area contributed by atoms with Crippen molar-refractivity contribution < 1.29 is 4.74 Å². The molecular formula is C10H18ClNO. The van der Waals surface area contributed by atoms with Gasteiger partial charge < -0.3 is 4.74 Å². The summed E-state index contributed by atoms with van der Waals surface area (Å²) in [7, 11) is 0. The third-order valence-corrected chi connectivity index (χ3v) is 3.53. The van der Waals surface area contributed by atoms with Gasteiger partial charge in [-0.1, -0.05) is 12.8 Å². The molecule has 1 aliphatic heterocycles. The first-order chi connectivity index (χ1) is 6.40. The molecule has 13 heavy (non-hydrogen) atoms. The van der Waals surface area contributed by atoms with Crippen molar-refractivity contribution in [1.82, 2.24) is 4.90 Å². The summed E-state index contributed by atoms with van der Waals surface area (Å²) >= 11 is 5.80. The van der Waals surface area contributed by atoms with Gasteiger partial charge in [-0.2, -0.15) is 0 Å². The van der Waals surface area contributed by atoms with E-state index in [1.807, 2.05) is 0 Å². The molecule has 2 fully saturated rings. The molecule has 0 aromatic rings. The maximum Gasteiger partial charge on any atom is 0.0837 e. The van der Waals surface area contributed by atoms with E-state index in [1.165, 1.54) is 25.7 Å². The van der Waals surface area contributed by atoms with Crippen LogP contribution in [0, 0.1) is 0 Å². The number of alkyl halides is 1. The van der Waals surface area contributed by atoms with E-state index in [0.717, 1.165) is 25.7 Å². The Bertz CT molecular complexity index is 159. The molecule has 0 aromatic heterocycles. The monoisotopic (exact) mass is 203 g/mol. The normalized spacial score (nSPS) is 32.5. The summed E-state index contributed by atoms with van der Waals surface area (Å²) < 4.78 is 5.54. The van der Waals surface area contributed by atoms with Crippen molar-refractivity contribution in [1.29, 1.82) is 0 Å². The zero-order chi connectivity index (χ0) is 9.10. The summed E-state index contributed by atoms with van der Waals surface area (Å²) in [5, 5.41) is 0. The fraction of sp³-hybridized carbons (Fsp3) is 1.00. The van der Waals surface area contributed by atoms with Crippen molar-refractivity contribution in [3.63, 3.8) is 0 Å². The van der Waals surface area contributed by atoms with Crippen LogP contribution in [0.2, 0.25) is 0 Å². The van der Waals surface area contributed by atoms with E-state index in [0.29, 0.717) is 5.88 Å². The van der Waals surface area contributed by atoms with Crippen LogP contribution in [0.5, 0.6) is 0 Å². The second-order valence-corrected chi connectivity index (χ2v) is 4.39. The highest BCUT2D eigenvalue weighted by Crippen LogP contribution is 2.25. The van der Waals surface area contributed by atoms with Crippen LogP contribution < -0.4 is 0 Å². The zero-order valence-corrected chi connectivity index (χ0v) is 8.80.